The van der Waals surface area contributed by atoms with E-state index in [0.717, 1.165) is 25.8 Å². The zero-order chi connectivity index (χ0) is 18.8. The second-order valence-corrected chi connectivity index (χ2v) is 7.94. The number of rotatable bonds is 2. The summed E-state index contributed by atoms with van der Waals surface area (Å²) in [7, 11) is 2.03. The Balaban J connectivity index is 1.34. The number of carbonyl (C=O) groups is 2. The van der Waals surface area contributed by atoms with E-state index in [1.54, 1.807) is 0 Å². The van der Waals surface area contributed by atoms with E-state index in [1.807, 2.05) is 16.8 Å². The van der Waals surface area contributed by atoms with Crippen molar-refractivity contribution >= 4 is 11.8 Å². The molecule has 1 aromatic carbocycles. The Bertz CT molecular complexity index is 694. The number of nitrogens with zero attached hydrogens (tertiary/aromatic N) is 3. The lowest BCUT2D eigenvalue weighted by Gasteiger charge is -2.39. The molecule has 3 aliphatic heterocycles. The fourth-order valence-electron chi connectivity index (χ4n) is 4.53. The molecule has 3 heterocycles. The molecule has 6 nitrogen and oxygen atoms in total. The molecule has 0 N–H and O–H groups in total. The van der Waals surface area contributed by atoms with Gasteiger partial charge in [0, 0.05) is 38.6 Å². The minimum absolute atomic E-state index is 0.0527. The smallest absolute Gasteiger partial charge is 0.240 e. The number of carbonyl (C=O) groups excluding carboxylic acids is 2. The van der Waals surface area contributed by atoms with Crippen LogP contribution in [0.5, 0.6) is 0 Å². The van der Waals surface area contributed by atoms with Crippen LogP contribution in [0.25, 0.3) is 0 Å². The Labute approximate surface area is 161 Å². The van der Waals surface area contributed by atoms with Gasteiger partial charge in [0.15, 0.2) is 0 Å². The number of fused-ring (bicyclic) bond motifs is 1. The van der Waals surface area contributed by atoms with Gasteiger partial charge in [0.2, 0.25) is 11.8 Å². The zero-order valence-corrected chi connectivity index (χ0v) is 16.1. The summed E-state index contributed by atoms with van der Waals surface area (Å²) in [5.41, 5.74) is 2.60. The van der Waals surface area contributed by atoms with Gasteiger partial charge in [-0.1, -0.05) is 24.3 Å². The number of morpholine rings is 1. The van der Waals surface area contributed by atoms with Crippen LogP contribution >= 0.6 is 0 Å². The van der Waals surface area contributed by atoms with Gasteiger partial charge in [-0.05, 0) is 37.4 Å². The lowest BCUT2D eigenvalue weighted by atomic mass is 9.91. The number of piperidine rings is 1. The summed E-state index contributed by atoms with van der Waals surface area (Å²) >= 11 is 0. The molecule has 1 aromatic rings. The lowest BCUT2D eigenvalue weighted by Crippen LogP contribution is -2.53. The average molecular weight is 371 g/mol. The van der Waals surface area contributed by atoms with Crippen LogP contribution in [0.15, 0.2) is 24.3 Å². The Morgan fingerprint density at radius 1 is 0.926 bits per heavy atom. The van der Waals surface area contributed by atoms with E-state index >= 15 is 0 Å². The lowest BCUT2D eigenvalue weighted by molar-refractivity contribution is -0.145. The molecule has 146 valence electrons. The first kappa shape index (κ1) is 18.4. The molecule has 27 heavy (non-hydrogen) atoms. The van der Waals surface area contributed by atoms with Crippen molar-refractivity contribution in [2.24, 2.45) is 5.92 Å². The molecule has 6 heteroatoms. The second-order valence-electron chi connectivity index (χ2n) is 7.94. The summed E-state index contributed by atoms with van der Waals surface area (Å²) in [6.07, 6.45) is 2.32. The van der Waals surface area contributed by atoms with Crippen molar-refractivity contribution in [3.05, 3.63) is 35.4 Å². The molecule has 1 atom stereocenters. The summed E-state index contributed by atoms with van der Waals surface area (Å²) in [5.74, 6) is 0.510. The molecule has 2 fully saturated rings. The van der Waals surface area contributed by atoms with Crippen LogP contribution in [0.4, 0.5) is 0 Å². The number of hydrogen-bond donors (Lipinski definition) is 0. The highest BCUT2D eigenvalue weighted by molar-refractivity contribution is 5.83. The Morgan fingerprint density at radius 3 is 2.26 bits per heavy atom. The Kier molecular flexibility index (Phi) is 5.45. The van der Waals surface area contributed by atoms with E-state index in [9.17, 15) is 9.59 Å². The quantitative estimate of drug-likeness (QED) is 0.782. The van der Waals surface area contributed by atoms with Gasteiger partial charge in [-0.2, -0.15) is 0 Å². The molecule has 0 aliphatic carbocycles. The summed E-state index contributed by atoms with van der Waals surface area (Å²) in [6, 6.07) is 8.30. The van der Waals surface area contributed by atoms with E-state index in [2.05, 4.69) is 29.2 Å². The van der Waals surface area contributed by atoms with E-state index in [0.29, 0.717) is 39.4 Å². The standard InChI is InChI=1S/C21H29N3O3/c1-22-15-18-5-3-2-4-17(18)14-19(22)21(26)23-8-6-16(7-9-23)20(25)24-10-12-27-13-11-24/h2-5,16,19H,6-15H2,1H3. The van der Waals surface area contributed by atoms with Crippen LogP contribution < -0.4 is 0 Å². The second kappa shape index (κ2) is 7.98. The third-order valence-corrected chi connectivity index (χ3v) is 6.25. The summed E-state index contributed by atoms with van der Waals surface area (Å²) in [5, 5.41) is 0. The van der Waals surface area contributed by atoms with Gasteiger partial charge in [0.1, 0.15) is 0 Å². The molecular formula is C21H29N3O3. The van der Waals surface area contributed by atoms with Gasteiger partial charge in [-0.15, -0.1) is 0 Å². The van der Waals surface area contributed by atoms with Gasteiger partial charge in [0.25, 0.3) is 0 Å². The molecule has 0 spiro atoms. The SMILES string of the molecule is CN1Cc2ccccc2CC1C(=O)N1CCC(C(=O)N2CCOCC2)CC1. The molecule has 4 rings (SSSR count). The summed E-state index contributed by atoms with van der Waals surface area (Å²) in [6.45, 7) is 4.86. The first-order valence-corrected chi connectivity index (χ1v) is 10.1. The molecule has 0 saturated carbocycles. The molecule has 3 aliphatic rings. The number of amides is 2. The van der Waals surface area contributed by atoms with Crippen molar-refractivity contribution in [3.8, 4) is 0 Å². The van der Waals surface area contributed by atoms with Gasteiger partial charge in [0.05, 0.1) is 19.3 Å². The molecular weight excluding hydrogens is 342 g/mol. The van der Waals surface area contributed by atoms with Gasteiger partial charge >= 0.3 is 0 Å². The van der Waals surface area contributed by atoms with E-state index in [-0.39, 0.29) is 23.8 Å². The van der Waals surface area contributed by atoms with Crippen molar-refractivity contribution in [2.75, 3.05) is 46.4 Å². The zero-order valence-electron chi connectivity index (χ0n) is 16.1. The van der Waals surface area contributed by atoms with Crippen molar-refractivity contribution in [1.29, 1.82) is 0 Å². The molecule has 0 radical (unpaired) electrons. The Morgan fingerprint density at radius 2 is 1.56 bits per heavy atom. The van der Waals surface area contributed by atoms with Gasteiger partial charge in [-0.3, -0.25) is 14.5 Å². The van der Waals surface area contributed by atoms with Gasteiger partial charge < -0.3 is 14.5 Å². The maximum Gasteiger partial charge on any atom is 0.240 e. The highest BCUT2D eigenvalue weighted by Crippen LogP contribution is 2.26. The van der Waals surface area contributed by atoms with Crippen LogP contribution in [-0.2, 0) is 27.3 Å². The first-order chi connectivity index (χ1) is 13.1. The third kappa shape index (κ3) is 3.87. The highest BCUT2D eigenvalue weighted by Gasteiger charge is 2.35. The van der Waals surface area contributed by atoms with Crippen LogP contribution in [0.1, 0.15) is 24.0 Å². The normalized spacial score (nSPS) is 24.6. The maximum atomic E-state index is 13.1. The van der Waals surface area contributed by atoms with E-state index in [1.165, 1.54) is 11.1 Å². The fraction of sp³-hybridized carbons (Fsp3) is 0.619. The topological polar surface area (TPSA) is 53.1 Å². The average Bonchev–Trinajstić information content (AvgIpc) is 2.73. The molecule has 2 saturated heterocycles. The number of likely N-dealkylation sites (N-methyl/N-ethyl adjacent to an activating group) is 1. The molecule has 0 aromatic heterocycles. The van der Waals surface area contributed by atoms with Crippen LogP contribution in [0.3, 0.4) is 0 Å². The van der Waals surface area contributed by atoms with Crippen molar-refractivity contribution in [2.45, 2.75) is 31.8 Å². The molecule has 2 amide bonds. The molecule has 0 bridgehead atoms. The molecule has 1 unspecified atom stereocenters. The Hall–Kier alpha value is -1.92. The van der Waals surface area contributed by atoms with Crippen LogP contribution in [-0.4, -0.2) is 79.0 Å². The van der Waals surface area contributed by atoms with Crippen molar-refractivity contribution in [1.82, 2.24) is 14.7 Å². The maximum absolute atomic E-state index is 13.1. The van der Waals surface area contributed by atoms with Crippen LogP contribution in [0.2, 0.25) is 0 Å². The van der Waals surface area contributed by atoms with E-state index < -0.39 is 0 Å². The first-order valence-electron chi connectivity index (χ1n) is 10.1. The summed E-state index contributed by atoms with van der Waals surface area (Å²) < 4.78 is 5.34. The van der Waals surface area contributed by atoms with Crippen molar-refractivity contribution in [3.63, 3.8) is 0 Å². The number of hydrogen-bond acceptors (Lipinski definition) is 4. The van der Waals surface area contributed by atoms with Crippen LogP contribution in [0, 0.1) is 5.92 Å². The number of benzene rings is 1. The largest absolute Gasteiger partial charge is 0.378 e. The minimum Gasteiger partial charge on any atom is -0.378 e. The third-order valence-electron chi connectivity index (χ3n) is 6.25. The van der Waals surface area contributed by atoms with Gasteiger partial charge in [-0.25, -0.2) is 0 Å². The van der Waals surface area contributed by atoms with Crippen molar-refractivity contribution < 1.29 is 14.3 Å². The number of ether oxygens (including phenoxy) is 1. The predicted molar refractivity (Wildman–Crippen MR) is 102 cm³/mol. The minimum atomic E-state index is -0.0913. The van der Waals surface area contributed by atoms with E-state index in [4.69, 9.17) is 4.74 Å². The summed E-state index contributed by atoms with van der Waals surface area (Å²) in [4.78, 5) is 31.9. The predicted octanol–water partition coefficient (Wildman–Crippen LogP) is 1.14. The number of likely N-dealkylation sites (tertiary alicyclic amines) is 1. The highest BCUT2D eigenvalue weighted by atomic mass is 16.5. The fourth-order valence-corrected chi connectivity index (χ4v) is 4.53. The monoisotopic (exact) mass is 371 g/mol.